The Morgan fingerprint density at radius 3 is 2.62 bits per heavy atom. The minimum Gasteiger partial charge on any atom is -0.497 e. The Morgan fingerprint density at radius 2 is 1.96 bits per heavy atom. The number of benzene rings is 2. The van der Waals surface area contributed by atoms with E-state index in [-0.39, 0.29) is 12.5 Å². The summed E-state index contributed by atoms with van der Waals surface area (Å²) in [6.45, 7) is -0.189. The summed E-state index contributed by atoms with van der Waals surface area (Å²) in [5.41, 5.74) is 3.53. The van der Waals surface area contributed by atoms with Gasteiger partial charge in [0.05, 0.1) is 19.9 Å². The van der Waals surface area contributed by atoms with Crippen LogP contribution in [-0.4, -0.2) is 31.7 Å². The summed E-state index contributed by atoms with van der Waals surface area (Å²) in [4.78, 5) is 23.5. The molecule has 0 atom stereocenters. The second-order valence-corrected chi connectivity index (χ2v) is 5.20. The van der Waals surface area contributed by atoms with E-state index in [0.717, 1.165) is 11.3 Å². The van der Waals surface area contributed by atoms with E-state index < -0.39 is 5.91 Å². The molecule has 7 heteroatoms. The molecule has 0 aliphatic heterocycles. The zero-order valence-electron chi connectivity index (χ0n) is 13.0. The molecule has 0 spiro atoms. The first-order chi connectivity index (χ1) is 11.6. The maximum atomic E-state index is 11.9. The van der Waals surface area contributed by atoms with Crippen LogP contribution in [0.2, 0.25) is 5.02 Å². The van der Waals surface area contributed by atoms with Crippen molar-refractivity contribution in [3.05, 3.63) is 64.7 Å². The van der Waals surface area contributed by atoms with Crippen LogP contribution in [0.25, 0.3) is 0 Å². The monoisotopic (exact) mass is 345 g/mol. The number of rotatable bonds is 6. The zero-order valence-corrected chi connectivity index (χ0v) is 13.7. The van der Waals surface area contributed by atoms with Gasteiger partial charge in [-0.15, -0.1) is 0 Å². The van der Waals surface area contributed by atoms with E-state index in [4.69, 9.17) is 16.3 Å². The van der Waals surface area contributed by atoms with E-state index in [0.29, 0.717) is 10.6 Å². The van der Waals surface area contributed by atoms with Gasteiger partial charge in [-0.05, 0) is 48.0 Å². The predicted octanol–water partition coefficient (Wildman–Crippen LogP) is 2.23. The molecule has 0 bridgehead atoms. The maximum absolute atomic E-state index is 11.9. The predicted molar refractivity (Wildman–Crippen MR) is 92.5 cm³/mol. The molecule has 124 valence electrons. The molecule has 0 heterocycles. The minimum atomic E-state index is -0.435. The lowest BCUT2D eigenvalue weighted by Gasteiger charge is -2.04. The van der Waals surface area contributed by atoms with Gasteiger partial charge in [0.25, 0.3) is 11.8 Å². The van der Waals surface area contributed by atoms with Crippen molar-refractivity contribution >= 4 is 29.6 Å². The third-order valence-electron chi connectivity index (χ3n) is 3.01. The SMILES string of the molecule is COc1ccc(/C=N\NC(=O)CNC(=O)c2cccc(Cl)c2)cc1. The van der Waals surface area contributed by atoms with Crippen molar-refractivity contribution in [1.29, 1.82) is 0 Å². The first-order valence-corrected chi connectivity index (χ1v) is 7.46. The molecule has 0 aliphatic rings. The van der Waals surface area contributed by atoms with Crippen molar-refractivity contribution < 1.29 is 14.3 Å². The fourth-order valence-electron chi connectivity index (χ4n) is 1.80. The highest BCUT2D eigenvalue weighted by Crippen LogP contribution is 2.10. The molecule has 2 amide bonds. The van der Waals surface area contributed by atoms with Gasteiger partial charge in [-0.1, -0.05) is 17.7 Å². The zero-order chi connectivity index (χ0) is 17.4. The van der Waals surface area contributed by atoms with Crippen molar-refractivity contribution in [3.63, 3.8) is 0 Å². The molecule has 2 aromatic carbocycles. The number of hydrogen-bond acceptors (Lipinski definition) is 4. The van der Waals surface area contributed by atoms with Crippen molar-refractivity contribution in [2.75, 3.05) is 13.7 Å². The molecule has 6 nitrogen and oxygen atoms in total. The van der Waals surface area contributed by atoms with Crippen LogP contribution in [0.3, 0.4) is 0 Å². The standard InChI is InChI=1S/C17H16ClN3O3/c1-24-15-7-5-12(6-8-15)10-20-21-16(22)11-19-17(23)13-3-2-4-14(18)9-13/h2-10H,11H2,1H3,(H,19,23)(H,21,22)/b20-10-. The molecule has 0 fully saturated rings. The van der Waals surface area contributed by atoms with Crippen LogP contribution < -0.4 is 15.5 Å². The highest BCUT2D eigenvalue weighted by Gasteiger charge is 2.07. The lowest BCUT2D eigenvalue weighted by molar-refractivity contribution is -0.120. The highest BCUT2D eigenvalue weighted by atomic mass is 35.5. The molecule has 0 saturated carbocycles. The Hall–Kier alpha value is -2.86. The van der Waals surface area contributed by atoms with Gasteiger partial charge in [-0.3, -0.25) is 9.59 Å². The van der Waals surface area contributed by atoms with Crippen LogP contribution >= 0.6 is 11.6 Å². The molecule has 2 rings (SSSR count). The summed E-state index contributed by atoms with van der Waals surface area (Å²) < 4.78 is 5.05. The summed E-state index contributed by atoms with van der Waals surface area (Å²) in [7, 11) is 1.58. The number of carbonyl (C=O) groups is 2. The lowest BCUT2D eigenvalue weighted by atomic mass is 10.2. The normalized spacial score (nSPS) is 10.4. The molecule has 2 aromatic rings. The van der Waals surface area contributed by atoms with Crippen LogP contribution in [0.4, 0.5) is 0 Å². The second kappa shape index (κ2) is 8.69. The van der Waals surface area contributed by atoms with Crippen LogP contribution in [0, 0.1) is 0 Å². The van der Waals surface area contributed by atoms with Gasteiger partial charge in [0.2, 0.25) is 0 Å². The van der Waals surface area contributed by atoms with E-state index in [1.807, 2.05) is 0 Å². The third kappa shape index (κ3) is 5.40. The van der Waals surface area contributed by atoms with E-state index in [1.54, 1.807) is 49.6 Å². The summed E-state index contributed by atoms with van der Waals surface area (Å²) >= 11 is 5.81. The number of carbonyl (C=O) groups excluding carboxylic acids is 2. The summed E-state index contributed by atoms with van der Waals surface area (Å²) in [5.74, 6) is -0.0816. The van der Waals surface area contributed by atoms with Gasteiger partial charge in [0, 0.05) is 10.6 Å². The Bertz CT molecular complexity index is 745. The highest BCUT2D eigenvalue weighted by molar-refractivity contribution is 6.30. The smallest absolute Gasteiger partial charge is 0.259 e. The number of methoxy groups -OCH3 is 1. The summed E-state index contributed by atoms with van der Waals surface area (Å²) in [5, 5.41) is 6.77. The van der Waals surface area contributed by atoms with E-state index in [1.165, 1.54) is 12.3 Å². The Morgan fingerprint density at radius 1 is 1.21 bits per heavy atom. The molecule has 0 saturated heterocycles. The second-order valence-electron chi connectivity index (χ2n) is 4.76. The number of hydrazone groups is 1. The van der Waals surface area contributed by atoms with Gasteiger partial charge >= 0.3 is 0 Å². The molecule has 2 N–H and O–H groups in total. The average molecular weight is 346 g/mol. The number of hydrogen-bond donors (Lipinski definition) is 2. The molecule has 0 aromatic heterocycles. The largest absolute Gasteiger partial charge is 0.497 e. The molecule has 0 aliphatic carbocycles. The fraction of sp³-hybridized carbons (Fsp3) is 0.118. The first kappa shape index (κ1) is 17.5. The maximum Gasteiger partial charge on any atom is 0.259 e. The van der Waals surface area contributed by atoms with E-state index in [2.05, 4.69) is 15.8 Å². The van der Waals surface area contributed by atoms with Gasteiger partial charge in [-0.25, -0.2) is 5.43 Å². The average Bonchev–Trinajstić information content (AvgIpc) is 2.60. The molecular formula is C17H16ClN3O3. The lowest BCUT2D eigenvalue weighted by Crippen LogP contribution is -2.34. The van der Waals surface area contributed by atoms with Crippen molar-refractivity contribution in [3.8, 4) is 5.75 Å². The van der Waals surface area contributed by atoms with Crippen molar-refractivity contribution in [1.82, 2.24) is 10.7 Å². The van der Waals surface area contributed by atoms with Crippen LogP contribution in [-0.2, 0) is 4.79 Å². The quantitative estimate of drug-likeness (QED) is 0.622. The van der Waals surface area contributed by atoms with Crippen LogP contribution in [0.5, 0.6) is 5.75 Å². The van der Waals surface area contributed by atoms with E-state index >= 15 is 0 Å². The number of amides is 2. The Labute approximate surface area is 144 Å². The Kier molecular flexibility index (Phi) is 6.33. The van der Waals surface area contributed by atoms with Crippen molar-refractivity contribution in [2.24, 2.45) is 5.10 Å². The van der Waals surface area contributed by atoms with Gasteiger partial charge in [0.15, 0.2) is 0 Å². The molecule has 0 radical (unpaired) electrons. The van der Waals surface area contributed by atoms with Crippen LogP contribution in [0.1, 0.15) is 15.9 Å². The topological polar surface area (TPSA) is 79.8 Å². The minimum absolute atomic E-state index is 0.189. The fourth-order valence-corrected chi connectivity index (χ4v) is 1.99. The Balaban J connectivity index is 1.78. The van der Waals surface area contributed by atoms with Gasteiger partial charge in [-0.2, -0.15) is 5.10 Å². The van der Waals surface area contributed by atoms with Crippen LogP contribution in [0.15, 0.2) is 53.6 Å². The van der Waals surface area contributed by atoms with Crippen molar-refractivity contribution in [2.45, 2.75) is 0 Å². The summed E-state index contributed by atoms with van der Waals surface area (Å²) in [6.07, 6.45) is 1.50. The van der Waals surface area contributed by atoms with Gasteiger partial charge in [0.1, 0.15) is 5.75 Å². The number of halogens is 1. The summed E-state index contributed by atoms with van der Waals surface area (Å²) in [6, 6.07) is 13.6. The molecular weight excluding hydrogens is 330 g/mol. The van der Waals surface area contributed by atoms with E-state index in [9.17, 15) is 9.59 Å². The molecule has 24 heavy (non-hydrogen) atoms. The number of nitrogens with zero attached hydrogens (tertiary/aromatic N) is 1. The molecule has 0 unspecified atom stereocenters. The third-order valence-corrected chi connectivity index (χ3v) is 3.25. The number of nitrogens with one attached hydrogen (secondary N) is 2. The first-order valence-electron chi connectivity index (χ1n) is 7.08. The number of ether oxygens (including phenoxy) is 1. The van der Waals surface area contributed by atoms with Gasteiger partial charge < -0.3 is 10.1 Å².